The number of halogens is 2. The summed E-state index contributed by atoms with van der Waals surface area (Å²) in [6.07, 6.45) is 7.61. The molecule has 0 saturated carbocycles. The van der Waals surface area contributed by atoms with E-state index >= 15 is 0 Å². The molecule has 3 aromatic rings. The van der Waals surface area contributed by atoms with Crippen LogP contribution in [0.4, 0.5) is 4.39 Å². The van der Waals surface area contributed by atoms with Crippen molar-refractivity contribution in [3.63, 3.8) is 0 Å². The summed E-state index contributed by atoms with van der Waals surface area (Å²) in [5.41, 5.74) is 1.17. The third-order valence-corrected chi connectivity index (χ3v) is 5.55. The average molecular weight is 405 g/mol. The predicted molar refractivity (Wildman–Crippen MR) is 101 cm³/mol. The summed E-state index contributed by atoms with van der Waals surface area (Å²) in [4.78, 5) is 5.38. The summed E-state index contributed by atoms with van der Waals surface area (Å²) >= 11 is 5.35. The fraction of sp³-hybridized carbons (Fsp3) is 0.211. The fourth-order valence-electron chi connectivity index (χ4n) is 2.50. The molecule has 2 aromatic carbocycles. The van der Waals surface area contributed by atoms with Gasteiger partial charge >= 0.3 is 0 Å². The molecule has 3 rings (SSSR count). The number of benzene rings is 2. The van der Waals surface area contributed by atoms with Crippen LogP contribution in [0.5, 0.6) is 0 Å². The lowest BCUT2D eigenvalue weighted by Gasteiger charge is -2.17. The summed E-state index contributed by atoms with van der Waals surface area (Å²) in [6.45, 7) is 0.905. The number of thioether (sulfide) groups is 1. The van der Waals surface area contributed by atoms with Gasteiger partial charge < -0.3 is 4.57 Å². The van der Waals surface area contributed by atoms with Gasteiger partial charge in [0.1, 0.15) is 5.82 Å². The summed E-state index contributed by atoms with van der Waals surface area (Å²) < 4.78 is 16.2. The summed E-state index contributed by atoms with van der Waals surface area (Å²) in [6, 6.07) is 15.2. The Morgan fingerprint density at radius 2 is 1.83 bits per heavy atom. The average Bonchev–Trinajstić information content (AvgIpc) is 3.09. The Hall–Kier alpha value is -1.59. The highest BCUT2D eigenvalue weighted by atomic mass is 79.9. The van der Waals surface area contributed by atoms with Crippen LogP contribution in [0.15, 0.2) is 76.6 Å². The Labute approximate surface area is 154 Å². The molecule has 0 bridgehead atoms. The van der Waals surface area contributed by atoms with Gasteiger partial charge in [-0.15, -0.1) is 11.8 Å². The Morgan fingerprint density at radius 3 is 2.50 bits per heavy atom. The van der Waals surface area contributed by atoms with Crippen molar-refractivity contribution in [2.24, 2.45) is 0 Å². The maximum absolute atomic E-state index is 13.0. The molecular formula is C19H18BrFN2S. The van der Waals surface area contributed by atoms with Crippen molar-refractivity contribution in [1.29, 1.82) is 0 Å². The maximum atomic E-state index is 13.0. The molecule has 1 atom stereocenters. The van der Waals surface area contributed by atoms with Crippen molar-refractivity contribution in [3.05, 3.63) is 83.1 Å². The van der Waals surface area contributed by atoms with Crippen LogP contribution in [0.3, 0.4) is 0 Å². The standard InChI is InChI=1S/C19H18BrFN2S/c20-16-4-9-18(10-5-16)24-19(13-23-12-11-22-14-23)8-3-15-1-6-17(21)7-2-15/h1-2,4-7,9-12,14,19H,3,8,13H2. The fourth-order valence-corrected chi connectivity index (χ4v) is 3.93. The number of rotatable bonds is 7. The molecule has 24 heavy (non-hydrogen) atoms. The minimum atomic E-state index is -0.182. The second-order valence-corrected chi connectivity index (χ2v) is 7.91. The van der Waals surface area contributed by atoms with Crippen LogP contribution >= 0.6 is 27.7 Å². The highest BCUT2D eigenvalue weighted by molar-refractivity contribution is 9.10. The van der Waals surface area contributed by atoms with Gasteiger partial charge in [-0.25, -0.2) is 9.37 Å². The molecule has 0 spiro atoms. The first-order valence-electron chi connectivity index (χ1n) is 7.81. The molecule has 5 heteroatoms. The molecule has 0 aliphatic rings. The van der Waals surface area contributed by atoms with Crippen molar-refractivity contribution in [2.45, 2.75) is 29.5 Å². The highest BCUT2D eigenvalue weighted by Gasteiger charge is 2.12. The van der Waals surface area contributed by atoms with E-state index in [2.05, 4.69) is 49.7 Å². The van der Waals surface area contributed by atoms with Gasteiger partial charge in [0.05, 0.1) is 6.33 Å². The topological polar surface area (TPSA) is 17.8 Å². The lowest BCUT2D eigenvalue weighted by molar-refractivity contribution is 0.618. The quantitative estimate of drug-likeness (QED) is 0.478. The largest absolute Gasteiger partial charge is 0.336 e. The van der Waals surface area contributed by atoms with Crippen molar-refractivity contribution in [2.75, 3.05) is 0 Å². The van der Waals surface area contributed by atoms with Crippen molar-refractivity contribution < 1.29 is 4.39 Å². The number of nitrogens with zero attached hydrogens (tertiary/aromatic N) is 2. The Kier molecular flexibility index (Phi) is 6.10. The summed E-state index contributed by atoms with van der Waals surface area (Å²) in [7, 11) is 0. The molecule has 0 radical (unpaired) electrons. The minimum absolute atomic E-state index is 0.182. The lowest BCUT2D eigenvalue weighted by atomic mass is 10.1. The SMILES string of the molecule is Fc1ccc(CCC(Cn2ccnc2)Sc2ccc(Br)cc2)cc1. The van der Waals surface area contributed by atoms with Gasteiger partial charge in [0, 0.05) is 33.6 Å². The number of aromatic nitrogens is 2. The van der Waals surface area contributed by atoms with Gasteiger partial charge in [0.2, 0.25) is 0 Å². The predicted octanol–water partition coefficient (Wildman–Crippen LogP) is 5.58. The van der Waals surface area contributed by atoms with E-state index in [9.17, 15) is 4.39 Å². The monoisotopic (exact) mass is 404 g/mol. The van der Waals surface area contributed by atoms with E-state index in [4.69, 9.17) is 0 Å². The zero-order valence-corrected chi connectivity index (χ0v) is 15.5. The minimum Gasteiger partial charge on any atom is -0.336 e. The molecule has 0 aliphatic heterocycles. The van der Waals surface area contributed by atoms with Crippen molar-refractivity contribution in [1.82, 2.24) is 9.55 Å². The zero-order chi connectivity index (χ0) is 16.8. The van der Waals surface area contributed by atoms with Crippen LogP contribution in [0.1, 0.15) is 12.0 Å². The van der Waals surface area contributed by atoms with Crippen LogP contribution < -0.4 is 0 Å². The molecular weight excluding hydrogens is 387 g/mol. The van der Waals surface area contributed by atoms with Gasteiger partial charge in [0.15, 0.2) is 0 Å². The van der Waals surface area contributed by atoms with E-state index in [0.717, 1.165) is 23.9 Å². The number of hydrogen-bond donors (Lipinski definition) is 0. The summed E-state index contributed by atoms with van der Waals surface area (Å²) in [5, 5.41) is 0.422. The second-order valence-electron chi connectivity index (χ2n) is 5.62. The molecule has 0 fully saturated rings. The molecule has 1 unspecified atom stereocenters. The Bertz CT molecular complexity index is 742. The second kappa shape index (κ2) is 8.49. The number of aryl methyl sites for hydroxylation is 1. The molecule has 0 N–H and O–H groups in total. The molecule has 124 valence electrons. The van der Waals surface area contributed by atoms with Gasteiger partial charge in [-0.3, -0.25) is 0 Å². The third-order valence-electron chi connectivity index (χ3n) is 3.76. The lowest BCUT2D eigenvalue weighted by Crippen LogP contribution is -2.13. The van der Waals surface area contributed by atoms with Crippen LogP contribution in [-0.4, -0.2) is 14.8 Å². The van der Waals surface area contributed by atoms with Crippen molar-refractivity contribution in [3.8, 4) is 0 Å². The van der Waals surface area contributed by atoms with E-state index in [1.54, 1.807) is 6.20 Å². The first-order chi connectivity index (χ1) is 11.7. The number of hydrogen-bond acceptors (Lipinski definition) is 2. The van der Waals surface area contributed by atoms with Crippen LogP contribution in [0.25, 0.3) is 0 Å². The van der Waals surface area contributed by atoms with Gasteiger partial charge in [-0.05, 0) is 54.8 Å². The van der Waals surface area contributed by atoms with Gasteiger partial charge in [0.25, 0.3) is 0 Å². The van der Waals surface area contributed by atoms with E-state index in [0.29, 0.717) is 5.25 Å². The first kappa shape index (κ1) is 17.2. The molecule has 0 amide bonds. The number of imidazole rings is 1. The Balaban J connectivity index is 1.66. The molecule has 2 nitrogen and oxygen atoms in total. The van der Waals surface area contributed by atoms with Crippen LogP contribution in [-0.2, 0) is 13.0 Å². The van der Waals surface area contributed by atoms with E-state index < -0.39 is 0 Å². The maximum Gasteiger partial charge on any atom is 0.123 e. The van der Waals surface area contributed by atoms with E-state index in [-0.39, 0.29) is 5.82 Å². The summed E-state index contributed by atoms with van der Waals surface area (Å²) in [5.74, 6) is -0.182. The van der Waals surface area contributed by atoms with Gasteiger partial charge in [-0.1, -0.05) is 28.1 Å². The van der Waals surface area contributed by atoms with E-state index in [1.165, 1.54) is 22.6 Å². The molecule has 1 aromatic heterocycles. The van der Waals surface area contributed by atoms with Crippen LogP contribution in [0.2, 0.25) is 0 Å². The van der Waals surface area contributed by atoms with Crippen molar-refractivity contribution >= 4 is 27.7 Å². The normalized spacial score (nSPS) is 12.2. The van der Waals surface area contributed by atoms with Crippen LogP contribution in [0, 0.1) is 5.82 Å². The van der Waals surface area contributed by atoms with Gasteiger partial charge in [-0.2, -0.15) is 0 Å². The molecule has 1 heterocycles. The third kappa shape index (κ3) is 5.21. The smallest absolute Gasteiger partial charge is 0.123 e. The molecule has 0 saturated heterocycles. The first-order valence-corrected chi connectivity index (χ1v) is 9.49. The Morgan fingerprint density at radius 1 is 1.08 bits per heavy atom. The zero-order valence-electron chi connectivity index (χ0n) is 13.1. The van der Waals surface area contributed by atoms with E-state index in [1.807, 2.05) is 36.4 Å². The highest BCUT2D eigenvalue weighted by Crippen LogP contribution is 2.29. The molecule has 0 aliphatic carbocycles.